The van der Waals surface area contributed by atoms with Gasteiger partial charge < -0.3 is 5.11 Å². The molecule has 1 atom stereocenters. The summed E-state index contributed by atoms with van der Waals surface area (Å²) < 4.78 is 25.3. The summed E-state index contributed by atoms with van der Waals surface area (Å²) >= 11 is 1.40. The van der Waals surface area contributed by atoms with Crippen LogP contribution in [0.2, 0.25) is 0 Å². The molecule has 33 heavy (non-hydrogen) atoms. The Morgan fingerprint density at radius 2 is 1.64 bits per heavy atom. The number of thioether (sulfide) groups is 1. The van der Waals surface area contributed by atoms with E-state index in [2.05, 4.69) is 16.3 Å². The van der Waals surface area contributed by atoms with Crippen molar-refractivity contribution in [3.05, 3.63) is 89.5 Å². The molecule has 4 aromatic rings. The summed E-state index contributed by atoms with van der Waals surface area (Å²) in [5, 5.41) is 20.3. The van der Waals surface area contributed by atoms with Gasteiger partial charge in [-0.25, -0.2) is 8.42 Å². The van der Waals surface area contributed by atoms with Crippen molar-refractivity contribution in [1.82, 2.24) is 14.8 Å². The van der Waals surface area contributed by atoms with Crippen LogP contribution in [0.25, 0.3) is 17.1 Å². The molecule has 4 rings (SSSR count). The first kappa shape index (κ1) is 23.2. The van der Waals surface area contributed by atoms with Crippen molar-refractivity contribution >= 4 is 21.6 Å². The van der Waals surface area contributed by atoms with Gasteiger partial charge in [-0.1, -0.05) is 65.4 Å². The molecule has 0 aliphatic rings. The monoisotopic (exact) mass is 479 g/mol. The van der Waals surface area contributed by atoms with E-state index in [9.17, 15) is 13.5 Å². The zero-order chi connectivity index (χ0) is 23.6. The number of nitrogens with zero attached hydrogens (tertiary/aromatic N) is 3. The molecule has 1 unspecified atom stereocenters. The number of aliphatic hydroxyl groups excluding tert-OH is 1. The van der Waals surface area contributed by atoms with E-state index >= 15 is 0 Å². The zero-order valence-corrected chi connectivity index (χ0v) is 20.3. The van der Waals surface area contributed by atoms with Crippen molar-refractivity contribution in [2.45, 2.75) is 30.0 Å². The third-order valence-electron chi connectivity index (χ3n) is 5.27. The number of rotatable bonds is 7. The van der Waals surface area contributed by atoms with E-state index in [0.717, 1.165) is 34.5 Å². The molecule has 0 radical (unpaired) electrons. The van der Waals surface area contributed by atoms with Crippen LogP contribution in [0.3, 0.4) is 0 Å². The first-order chi connectivity index (χ1) is 15.7. The molecule has 1 heterocycles. The SMILES string of the molecule is Cc1ccc(-n2c(SCC(O)c3ccc(S(C)(=O)=O)cc3)nnc2-c2cccc(C)c2)cc1. The number of hydrogen-bond acceptors (Lipinski definition) is 6. The molecule has 0 spiro atoms. The van der Waals surface area contributed by atoms with Gasteiger partial charge in [0.1, 0.15) is 0 Å². The first-order valence-electron chi connectivity index (χ1n) is 10.4. The number of benzene rings is 3. The number of aryl methyl sites for hydroxylation is 2. The minimum atomic E-state index is -3.28. The molecule has 3 aromatic carbocycles. The minimum absolute atomic E-state index is 0.230. The Morgan fingerprint density at radius 1 is 0.939 bits per heavy atom. The summed E-state index contributed by atoms with van der Waals surface area (Å²) in [5.41, 5.74) is 4.85. The third kappa shape index (κ3) is 5.35. The van der Waals surface area contributed by atoms with Crippen LogP contribution in [0.5, 0.6) is 0 Å². The number of hydrogen-bond donors (Lipinski definition) is 1. The second-order valence-corrected chi connectivity index (χ2v) is 11.0. The van der Waals surface area contributed by atoms with Crippen LogP contribution in [0.15, 0.2) is 82.8 Å². The molecule has 0 saturated carbocycles. The van der Waals surface area contributed by atoms with Gasteiger partial charge in [0.25, 0.3) is 0 Å². The van der Waals surface area contributed by atoms with Crippen LogP contribution in [0.4, 0.5) is 0 Å². The Kier molecular flexibility index (Phi) is 6.69. The molecule has 0 aliphatic heterocycles. The molecule has 0 fully saturated rings. The van der Waals surface area contributed by atoms with E-state index in [1.165, 1.54) is 23.9 Å². The van der Waals surface area contributed by atoms with Crippen molar-refractivity contribution in [3.8, 4) is 17.1 Å². The fourth-order valence-corrected chi connectivity index (χ4v) is 5.00. The van der Waals surface area contributed by atoms with E-state index in [4.69, 9.17) is 0 Å². The number of aliphatic hydroxyl groups is 1. The van der Waals surface area contributed by atoms with E-state index in [0.29, 0.717) is 16.5 Å². The van der Waals surface area contributed by atoms with Gasteiger partial charge in [0.15, 0.2) is 20.8 Å². The lowest BCUT2D eigenvalue weighted by Crippen LogP contribution is -2.05. The fourth-order valence-electron chi connectivity index (χ4n) is 3.45. The summed E-state index contributed by atoms with van der Waals surface area (Å²) in [4.78, 5) is 0.230. The maximum atomic E-state index is 11.7. The summed E-state index contributed by atoms with van der Waals surface area (Å²) in [6, 6.07) is 22.6. The molecule has 6 nitrogen and oxygen atoms in total. The fraction of sp³-hybridized carbons (Fsp3) is 0.200. The van der Waals surface area contributed by atoms with Crippen LogP contribution in [-0.2, 0) is 9.84 Å². The van der Waals surface area contributed by atoms with Gasteiger partial charge in [-0.15, -0.1) is 10.2 Å². The zero-order valence-electron chi connectivity index (χ0n) is 18.6. The summed E-state index contributed by atoms with van der Waals surface area (Å²) in [6.45, 7) is 4.08. The third-order valence-corrected chi connectivity index (χ3v) is 7.40. The van der Waals surface area contributed by atoms with E-state index in [1.54, 1.807) is 12.1 Å². The molecule has 8 heteroatoms. The molecule has 1 N–H and O–H groups in total. The van der Waals surface area contributed by atoms with Gasteiger partial charge in [0.2, 0.25) is 0 Å². The Labute approximate surface area is 198 Å². The second kappa shape index (κ2) is 9.51. The molecular formula is C25H25N3O3S2. The van der Waals surface area contributed by atoms with Crippen LogP contribution in [0, 0.1) is 13.8 Å². The molecule has 1 aromatic heterocycles. The van der Waals surface area contributed by atoms with Gasteiger partial charge in [-0.3, -0.25) is 4.57 Å². The average molecular weight is 480 g/mol. The minimum Gasteiger partial charge on any atom is -0.388 e. The van der Waals surface area contributed by atoms with Gasteiger partial charge in [-0.05, 0) is 49.7 Å². The van der Waals surface area contributed by atoms with Crippen molar-refractivity contribution in [2.24, 2.45) is 0 Å². The maximum Gasteiger partial charge on any atom is 0.196 e. The van der Waals surface area contributed by atoms with Crippen molar-refractivity contribution in [2.75, 3.05) is 12.0 Å². The standard InChI is InChI=1S/C25H25N3O3S2/c1-17-7-11-21(12-8-17)28-24(20-6-4-5-18(2)15-20)26-27-25(28)32-16-23(29)19-9-13-22(14-10-19)33(3,30)31/h4-15,23,29H,16H2,1-3H3. The number of sulfone groups is 1. The molecular weight excluding hydrogens is 454 g/mol. The highest BCUT2D eigenvalue weighted by Crippen LogP contribution is 2.31. The predicted molar refractivity (Wildman–Crippen MR) is 132 cm³/mol. The Morgan fingerprint density at radius 3 is 2.27 bits per heavy atom. The summed E-state index contributed by atoms with van der Waals surface area (Å²) in [7, 11) is -3.28. The lowest BCUT2D eigenvalue weighted by Gasteiger charge is -2.13. The van der Waals surface area contributed by atoms with Crippen molar-refractivity contribution in [3.63, 3.8) is 0 Å². The smallest absolute Gasteiger partial charge is 0.196 e. The molecule has 0 aliphatic carbocycles. The first-order valence-corrected chi connectivity index (χ1v) is 13.3. The van der Waals surface area contributed by atoms with Crippen LogP contribution in [0.1, 0.15) is 22.8 Å². The van der Waals surface area contributed by atoms with E-state index in [-0.39, 0.29) is 4.90 Å². The topological polar surface area (TPSA) is 85.1 Å². The predicted octanol–water partition coefficient (Wildman–Crippen LogP) is 4.78. The number of aromatic nitrogens is 3. The van der Waals surface area contributed by atoms with Gasteiger partial charge in [-0.2, -0.15) is 0 Å². The van der Waals surface area contributed by atoms with E-state index in [1.807, 2.05) is 60.9 Å². The lowest BCUT2D eigenvalue weighted by molar-refractivity contribution is 0.204. The normalized spacial score (nSPS) is 12.6. The summed E-state index contributed by atoms with van der Waals surface area (Å²) in [5.74, 6) is 1.08. The highest BCUT2D eigenvalue weighted by molar-refractivity contribution is 7.99. The molecule has 0 bridgehead atoms. The molecule has 170 valence electrons. The van der Waals surface area contributed by atoms with Crippen molar-refractivity contribution in [1.29, 1.82) is 0 Å². The van der Waals surface area contributed by atoms with Crippen molar-refractivity contribution < 1.29 is 13.5 Å². The quantitative estimate of drug-likeness (QED) is 0.384. The largest absolute Gasteiger partial charge is 0.388 e. The molecule has 0 amide bonds. The highest BCUT2D eigenvalue weighted by Gasteiger charge is 2.18. The van der Waals surface area contributed by atoms with Crippen LogP contribution in [-0.4, -0.2) is 40.3 Å². The summed E-state index contributed by atoms with van der Waals surface area (Å²) in [6.07, 6.45) is 0.382. The van der Waals surface area contributed by atoms with Gasteiger partial charge in [0, 0.05) is 23.3 Å². The Hall–Kier alpha value is -2.94. The molecule has 0 saturated heterocycles. The van der Waals surface area contributed by atoms with Gasteiger partial charge in [0.05, 0.1) is 11.0 Å². The Bertz CT molecular complexity index is 1360. The van der Waals surface area contributed by atoms with E-state index < -0.39 is 15.9 Å². The maximum absolute atomic E-state index is 11.7. The second-order valence-electron chi connectivity index (χ2n) is 8.01. The van der Waals surface area contributed by atoms with Crippen LogP contribution >= 0.6 is 11.8 Å². The average Bonchev–Trinajstić information content (AvgIpc) is 3.21. The highest BCUT2D eigenvalue weighted by atomic mass is 32.2. The van der Waals surface area contributed by atoms with Crippen LogP contribution < -0.4 is 0 Å². The lowest BCUT2D eigenvalue weighted by atomic mass is 10.1. The Balaban J connectivity index is 1.63. The van der Waals surface area contributed by atoms with Gasteiger partial charge >= 0.3 is 0 Å².